The summed E-state index contributed by atoms with van der Waals surface area (Å²) in [6.07, 6.45) is 0.977. The first-order valence-corrected chi connectivity index (χ1v) is 7.57. The van der Waals surface area contributed by atoms with Crippen molar-refractivity contribution in [2.45, 2.75) is 19.0 Å². The van der Waals surface area contributed by atoms with Gasteiger partial charge in [0.25, 0.3) is 0 Å². The van der Waals surface area contributed by atoms with Crippen molar-refractivity contribution in [3.63, 3.8) is 0 Å². The van der Waals surface area contributed by atoms with Crippen LogP contribution in [0.5, 0.6) is 0 Å². The average molecular weight is 225 g/mol. The van der Waals surface area contributed by atoms with Crippen LogP contribution in [0.15, 0.2) is 24.3 Å². The van der Waals surface area contributed by atoms with Crippen molar-refractivity contribution >= 4 is 14.2 Å². The van der Waals surface area contributed by atoms with E-state index >= 15 is 0 Å². The summed E-state index contributed by atoms with van der Waals surface area (Å²) in [7, 11) is 1.52. The second kappa shape index (κ2) is 5.30. The topological polar surface area (TPSA) is 44.5 Å². The van der Waals surface area contributed by atoms with Crippen LogP contribution in [0.4, 0.5) is 5.69 Å². The fraction of sp³-hybridized carbons (Fsp3) is 0.455. The predicted molar refractivity (Wildman–Crippen MR) is 65.0 cm³/mol. The molecule has 0 aliphatic carbocycles. The summed E-state index contributed by atoms with van der Waals surface area (Å²) >= 11 is 0. The van der Waals surface area contributed by atoms with E-state index in [2.05, 4.69) is 18.7 Å². The summed E-state index contributed by atoms with van der Waals surface area (Å²) in [5.41, 5.74) is 7.70. The van der Waals surface area contributed by atoms with Crippen molar-refractivity contribution in [1.29, 1.82) is 0 Å². The first-order chi connectivity index (χ1) is 7.09. The fourth-order valence-electron chi connectivity index (χ4n) is 1.34. The highest BCUT2D eigenvalue weighted by Gasteiger charge is 2.27. The zero-order valence-electron chi connectivity index (χ0n) is 9.62. The molecule has 3 nitrogen and oxygen atoms in total. The van der Waals surface area contributed by atoms with Crippen LogP contribution in [0.25, 0.3) is 0 Å². The number of hydrogen-bond acceptors (Lipinski definition) is 3. The molecule has 0 unspecified atom stereocenters. The molecule has 0 heterocycles. The number of benzene rings is 1. The Kier molecular flexibility index (Phi) is 4.32. The molecule has 15 heavy (non-hydrogen) atoms. The molecule has 0 aliphatic rings. The molecular weight excluding hydrogens is 206 g/mol. The third-order valence-corrected chi connectivity index (χ3v) is 5.60. The van der Waals surface area contributed by atoms with E-state index in [0.717, 1.165) is 18.2 Å². The van der Waals surface area contributed by atoms with Gasteiger partial charge in [-0.1, -0.05) is 12.1 Å². The second-order valence-electron chi connectivity index (χ2n) is 3.78. The Morgan fingerprint density at radius 1 is 1.13 bits per heavy atom. The number of nitrogen functional groups attached to an aromatic ring is 1. The monoisotopic (exact) mass is 225 g/mol. The summed E-state index contributed by atoms with van der Waals surface area (Å²) in [6.45, 7) is 2.07. The highest BCUT2D eigenvalue weighted by Crippen LogP contribution is 2.16. The summed E-state index contributed by atoms with van der Waals surface area (Å²) in [6, 6.07) is 8.91. The van der Waals surface area contributed by atoms with Crippen LogP contribution >= 0.6 is 0 Å². The van der Waals surface area contributed by atoms with Gasteiger partial charge in [-0.2, -0.15) is 0 Å². The van der Waals surface area contributed by atoms with E-state index in [1.807, 2.05) is 12.1 Å². The van der Waals surface area contributed by atoms with E-state index in [1.165, 1.54) is 5.56 Å². The van der Waals surface area contributed by atoms with Crippen molar-refractivity contribution < 1.29 is 8.85 Å². The minimum absolute atomic E-state index is 0.803. The summed E-state index contributed by atoms with van der Waals surface area (Å²) in [5, 5.41) is 0. The largest absolute Gasteiger partial charge is 0.399 e. The molecule has 1 aromatic carbocycles. The van der Waals surface area contributed by atoms with Crippen molar-refractivity contribution in [1.82, 2.24) is 0 Å². The number of hydrogen-bond donors (Lipinski definition) is 1. The molecule has 2 N–H and O–H groups in total. The molecule has 1 rings (SSSR count). The summed E-state index contributed by atoms with van der Waals surface area (Å²) < 4.78 is 10.8. The van der Waals surface area contributed by atoms with Crippen molar-refractivity contribution in [2.75, 3.05) is 20.0 Å². The summed E-state index contributed by atoms with van der Waals surface area (Å²) in [5.74, 6) is 0. The van der Waals surface area contributed by atoms with E-state index < -0.39 is 8.56 Å². The molecule has 0 saturated heterocycles. The maximum atomic E-state index is 5.62. The number of rotatable bonds is 5. The predicted octanol–water partition coefficient (Wildman–Crippen LogP) is 2.18. The van der Waals surface area contributed by atoms with Crippen LogP contribution < -0.4 is 5.73 Å². The lowest BCUT2D eigenvalue weighted by Gasteiger charge is -2.22. The lowest BCUT2D eigenvalue weighted by atomic mass is 10.2. The molecule has 0 fully saturated rings. The average Bonchev–Trinajstić information content (AvgIpc) is 2.28. The molecule has 0 spiro atoms. The van der Waals surface area contributed by atoms with E-state index in [0.29, 0.717) is 0 Å². The lowest BCUT2D eigenvalue weighted by Crippen LogP contribution is -2.36. The minimum atomic E-state index is -1.92. The third kappa shape index (κ3) is 3.66. The van der Waals surface area contributed by atoms with Crippen molar-refractivity contribution in [3.8, 4) is 0 Å². The van der Waals surface area contributed by atoms with Crippen LogP contribution in [-0.2, 0) is 15.3 Å². The highest BCUT2D eigenvalue weighted by molar-refractivity contribution is 6.65. The zero-order chi connectivity index (χ0) is 11.3. The van der Waals surface area contributed by atoms with Gasteiger partial charge in [0.2, 0.25) is 0 Å². The minimum Gasteiger partial charge on any atom is -0.399 e. The SMILES string of the molecule is CO[Si](C)(CCc1ccc(N)cc1)OC. The van der Waals surface area contributed by atoms with Gasteiger partial charge in [0.1, 0.15) is 0 Å². The molecule has 1 aromatic rings. The van der Waals surface area contributed by atoms with Crippen molar-refractivity contribution in [3.05, 3.63) is 29.8 Å². The molecule has 4 heteroatoms. The zero-order valence-corrected chi connectivity index (χ0v) is 10.6. The van der Waals surface area contributed by atoms with Gasteiger partial charge in [0.05, 0.1) is 0 Å². The van der Waals surface area contributed by atoms with E-state index in [-0.39, 0.29) is 0 Å². The molecule has 84 valence electrons. The van der Waals surface area contributed by atoms with Gasteiger partial charge < -0.3 is 14.6 Å². The third-order valence-electron chi connectivity index (χ3n) is 2.71. The van der Waals surface area contributed by atoms with E-state index in [4.69, 9.17) is 14.6 Å². The van der Waals surface area contributed by atoms with Gasteiger partial charge in [-0.05, 0) is 36.7 Å². The summed E-state index contributed by atoms with van der Waals surface area (Å²) in [4.78, 5) is 0. The highest BCUT2D eigenvalue weighted by atomic mass is 28.4. The molecular formula is C11H19NO2Si. The molecule has 0 radical (unpaired) electrons. The Morgan fingerprint density at radius 3 is 2.13 bits per heavy atom. The maximum absolute atomic E-state index is 5.62. The normalized spacial score (nSPS) is 11.7. The molecule has 0 amide bonds. The first-order valence-electron chi connectivity index (χ1n) is 5.04. The maximum Gasteiger partial charge on any atom is 0.334 e. The molecule has 0 bridgehead atoms. The van der Waals surface area contributed by atoms with Gasteiger partial charge in [0.15, 0.2) is 0 Å². The van der Waals surface area contributed by atoms with Gasteiger partial charge in [0, 0.05) is 19.9 Å². The van der Waals surface area contributed by atoms with Gasteiger partial charge >= 0.3 is 8.56 Å². The standard InChI is InChI=1S/C11H19NO2Si/c1-13-15(3,14-2)9-8-10-4-6-11(12)7-5-10/h4-7H,8-9,12H2,1-3H3. The van der Waals surface area contributed by atoms with Gasteiger partial charge in [-0.15, -0.1) is 0 Å². The Hall–Kier alpha value is -0.843. The van der Waals surface area contributed by atoms with Crippen LogP contribution in [-0.4, -0.2) is 22.8 Å². The fourth-order valence-corrected chi connectivity index (χ4v) is 2.66. The Balaban J connectivity index is 2.53. The molecule has 0 aromatic heterocycles. The Labute approximate surface area is 92.5 Å². The molecule has 0 aliphatic heterocycles. The molecule has 0 atom stereocenters. The quantitative estimate of drug-likeness (QED) is 0.617. The van der Waals surface area contributed by atoms with Crippen LogP contribution in [0.1, 0.15) is 5.56 Å². The van der Waals surface area contributed by atoms with Crippen molar-refractivity contribution in [2.24, 2.45) is 0 Å². The van der Waals surface area contributed by atoms with E-state index in [1.54, 1.807) is 14.2 Å². The molecule has 0 saturated carbocycles. The number of anilines is 1. The van der Waals surface area contributed by atoms with Gasteiger partial charge in [-0.25, -0.2) is 0 Å². The Morgan fingerprint density at radius 2 is 1.67 bits per heavy atom. The Bertz CT molecular complexity index is 296. The number of nitrogens with two attached hydrogens (primary N) is 1. The van der Waals surface area contributed by atoms with Crippen LogP contribution in [0.2, 0.25) is 12.6 Å². The second-order valence-corrected chi connectivity index (χ2v) is 7.37. The lowest BCUT2D eigenvalue weighted by molar-refractivity contribution is 0.249. The van der Waals surface area contributed by atoms with E-state index in [9.17, 15) is 0 Å². The van der Waals surface area contributed by atoms with Gasteiger partial charge in [-0.3, -0.25) is 0 Å². The van der Waals surface area contributed by atoms with Crippen LogP contribution in [0, 0.1) is 0 Å². The van der Waals surface area contributed by atoms with Crippen LogP contribution in [0.3, 0.4) is 0 Å². The smallest absolute Gasteiger partial charge is 0.334 e. The number of aryl methyl sites for hydroxylation is 1. The first kappa shape index (κ1) is 12.2.